The summed E-state index contributed by atoms with van der Waals surface area (Å²) in [5.41, 5.74) is 0. The summed E-state index contributed by atoms with van der Waals surface area (Å²) in [6, 6.07) is 6.93. The highest BCUT2D eigenvalue weighted by molar-refractivity contribution is 5.31. The molecule has 1 fully saturated rings. The first-order chi connectivity index (χ1) is 11.9. The SMILES string of the molecule is CC1CCC(C(C)C)C(O)C1.CCCCCCOc1cccc(O)c1. The lowest BCUT2D eigenvalue weighted by molar-refractivity contribution is 0.0266. The van der Waals surface area contributed by atoms with Gasteiger partial charge in [0.1, 0.15) is 11.5 Å². The van der Waals surface area contributed by atoms with Crippen LogP contribution in [0.25, 0.3) is 0 Å². The zero-order valence-corrected chi connectivity index (χ0v) is 16.6. The van der Waals surface area contributed by atoms with E-state index in [1.807, 2.05) is 6.07 Å². The van der Waals surface area contributed by atoms with E-state index in [-0.39, 0.29) is 11.9 Å². The number of rotatable bonds is 7. The number of phenols is 1. The Hall–Kier alpha value is -1.22. The van der Waals surface area contributed by atoms with Crippen molar-refractivity contribution >= 4 is 0 Å². The van der Waals surface area contributed by atoms with Crippen LogP contribution >= 0.6 is 0 Å². The molecular weight excluding hydrogens is 312 g/mol. The molecular formula is C22H38O3. The molecule has 2 rings (SSSR count). The normalized spacial score (nSPS) is 23.0. The Morgan fingerprint density at radius 2 is 1.92 bits per heavy atom. The zero-order chi connectivity index (χ0) is 18.7. The molecule has 0 spiro atoms. The first-order valence-electron chi connectivity index (χ1n) is 10.0. The number of phenolic OH excluding ortho intramolecular Hbond substituents is 1. The second kappa shape index (κ2) is 12.2. The van der Waals surface area contributed by atoms with E-state index < -0.39 is 0 Å². The summed E-state index contributed by atoms with van der Waals surface area (Å²) in [6.07, 6.45) is 8.33. The lowest BCUT2D eigenvalue weighted by atomic mass is 9.75. The molecule has 144 valence electrons. The van der Waals surface area contributed by atoms with Gasteiger partial charge in [-0.1, -0.05) is 59.4 Å². The van der Waals surface area contributed by atoms with Gasteiger partial charge in [0.15, 0.2) is 0 Å². The minimum Gasteiger partial charge on any atom is -0.508 e. The van der Waals surface area contributed by atoms with Crippen molar-refractivity contribution in [2.75, 3.05) is 6.61 Å². The van der Waals surface area contributed by atoms with Gasteiger partial charge in [-0.05, 0) is 49.1 Å². The van der Waals surface area contributed by atoms with Gasteiger partial charge in [-0.2, -0.15) is 0 Å². The summed E-state index contributed by atoms with van der Waals surface area (Å²) in [6.45, 7) is 9.59. The van der Waals surface area contributed by atoms with E-state index in [0.717, 1.165) is 31.1 Å². The summed E-state index contributed by atoms with van der Waals surface area (Å²) in [7, 11) is 0. The summed E-state index contributed by atoms with van der Waals surface area (Å²) >= 11 is 0. The maximum Gasteiger partial charge on any atom is 0.122 e. The topological polar surface area (TPSA) is 49.7 Å². The predicted molar refractivity (Wildman–Crippen MR) is 105 cm³/mol. The summed E-state index contributed by atoms with van der Waals surface area (Å²) in [5, 5.41) is 18.9. The molecule has 0 bridgehead atoms. The molecule has 25 heavy (non-hydrogen) atoms. The van der Waals surface area contributed by atoms with E-state index in [9.17, 15) is 10.2 Å². The third kappa shape index (κ3) is 9.15. The quantitative estimate of drug-likeness (QED) is 0.612. The minimum atomic E-state index is -0.0289. The molecule has 2 N–H and O–H groups in total. The van der Waals surface area contributed by atoms with Crippen molar-refractivity contribution in [3.63, 3.8) is 0 Å². The lowest BCUT2D eigenvalue weighted by Crippen LogP contribution is -2.31. The Labute approximate surface area is 154 Å². The molecule has 3 unspecified atom stereocenters. The number of ether oxygens (including phenoxy) is 1. The maximum absolute atomic E-state index is 9.71. The zero-order valence-electron chi connectivity index (χ0n) is 16.6. The number of benzene rings is 1. The van der Waals surface area contributed by atoms with Crippen LogP contribution in [0.15, 0.2) is 24.3 Å². The average Bonchev–Trinajstić information content (AvgIpc) is 2.55. The van der Waals surface area contributed by atoms with Crippen molar-refractivity contribution in [1.29, 1.82) is 0 Å². The number of aromatic hydroxyl groups is 1. The van der Waals surface area contributed by atoms with Gasteiger partial charge < -0.3 is 14.9 Å². The number of unbranched alkanes of at least 4 members (excludes halogenated alkanes) is 3. The number of hydrogen-bond acceptors (Lipinski definition) is 3. The third-order valence-corrected chi connectivity index (χ3v) is 5.07. The molecule has 1 aromatic rings. The van der Waals surface area contributed by atoms with Crippen LogP contribution in [-0.4, -0.2) is 22.9 Å². The summed E-state index contributed by atoms with van der Waals surface area (Å²) in [5.74, 6) is 2.96. The highest BCUT2D eigenvalue weighted by Gasteiger charge is 2.28. The molecule has 1 aliphatic rings. The van der Waals surface area contributed by atoms with Gasteiger partial charge in [0.05, 0.1) is 12.7 Å². The van der Waals surface area contributed by atoms with Gasteiger partial charge in [0.25, 0.3) is 0 Å². The fourth-order valence-electron chi connectivity index (χ4n) is 3.44. The lowest BCUT2D eigenvalue weighted by Gasteiger charge is -2.33. The second-order valence-electron chi connectivity index (χ2n) is 7.80. The fraction of sp³-hybridized carbons (Fsp3) is 0.727. The second-order valence-corrected chi connectivity index (χ2v) is 7.80. The van der Waals surface area contributed by atoms with Crippen LogP contribution in [0, 0.1) is 17.8 Å². The van der Waals surface area contributed by atoms with Crippen LogP contribution in [0.5, 0.6) is 11.5 Å². The van der Waals surface area contributed by atoms with Crippen LogP contribution in [-0.2, 0) is 0 Å². The molecule has 1 aliphatic carbocycles. The molecule has 0 saturated heterocycles. The Morgan fingerprint density at radius 3 is 2.52 bits per heavy atom. The highest BCUT2D eigenvalue weighted by atomic mass is 16.5. The monoisotopic (exact) mass is 350 g/mol. The fourth-order valence-corrected chi connectivity index (χ4v) is 3.44. The smallest absolute Gasteiger partial charge is 0.122 e. The minimum absolute atomic E-state index is 0.0289. The Kier molecular flexibility index (Phi) is 10.6. The molecule has 1 aromatic carbocycles. The van der Waals surface area contributed by atoms with Gasteiger partial charge in [0, 0.05) is 6.07 Å². The molecule has 1 saturated carbocycles. The van der Waals surface area contributed by atoms with Crippen molar-refractivity contribution in [3.05, 3.63) is 24.3 Å². The van der Waals surface area contributed by atoms with Crippen LogP contribution < -0.4 is 4.74 Å². The van der Waals surface area contributed by atoms with E-state index in [1.165, 1.54) is 32.1 Å². The maximum atomic E-state index is 9.71. The third-order valence-electron chi connectivity index (χ3n) is 5.07. The van der Waals surface area contributed by atoms with E-state index in [2.05, 4.69) is 27.7 Å². The van der Waals surface area contributed by atoms with Crippen LogP contribution in [0.3, 0.4) is 0 Å². The van der Waals surface area contributed by atoms with E-state index >= 15 is 0 Å². The molecule has 0 aliphatic heterocycles. The summed E-state index contributed by atoms with van der Waals surface area (Å²) < 4.78 is 5.47. The first kappa shape index (κ1) is 21.8. The van der Waals surface area contributed by atoms with Crippen LogP contribution in [0.2, 0.25) is 0 Å². The molecule has 0 amide bonds. The van der Waals surface area contributed by atoms with Gasteiger partial charge in [0.2, 0.25) is 0 Å². The molecule has 0 radical (unpaired) electrons. The Morgan fingerprint density at radius 1 is 1.16 bits per heavy atom. The van der Waals surface area contributed by atoms with E-state index in [0.29, 0.717) is 11.8 Å². The largest absolute Gasteiger partial charge is 0.508 e. The van der Waals surface area contributed by atoms with Crippen molar-refractivity contribution in [2.24, 2.45) is 17.8 Å². The predicted octanol–water partition coefficient (Wildman–Crippen LogP) is 5.79. The average molecular weight is 351 g/mol. The number of aliphatic hydroxyl groups is 1. The first-order valence-corrected chi connectivity index (χ1v) is 10.0. The number of hydrogen-bond donors (Lipinski definition) is 2. The van der Waals surface area contributed by atoms with E-state index in [4.69, 9.17) is 4.74 Å². The highest BCUT2D eigenvalue weighted by Crippen LogP contribution is 2.33. The molecule has 0 aromatic heterocycles. The van der Waals surface area contributed by atoms with Crippen molar-refractivity contribution in [3.8, 4) is 11.5 Å². The summed E-state index contributed by atoms with van der Waals surface area (Å²) in [4.78, 5) is 0. The van der Waals surface area contributed by atoms with Crippen LogP contribution in [0.4, 0.5) is 0 Å². The van der Waals surface area contributed by atoms with Crippen molar-refractivity contribution in [2.45, 2.75) is 78.7 Å². The van der Waals surface area contributed by atoms with Crippen molar-refractivity contribution < 1.29 is 14.9 Å². The standard InChI is InChI=1S/C12H18O2.C10H20O/c1-2-3-4-5-9-14-12-8-6-7-11(13)10-12;1-7(2)9-5-4-8(3)6-10(9)11/h6-8,10,13H,2-5,9H2,1H3;7-11H,4-6H2,1-3H3. The molecule has 0 heterocycles. The van der Waals surface area contributed by atoms with E-state index in [1.54, 1.807) is 18.2 Å². The van der Waals surface area contributed by atoms with Gasteiger partial charge in [-0.15, -0.1) is 0 Å². The molecule has 3 atom stereocenters. The van der Waals surface area contributed by atoms with Gasteiger partial charge in [-0.25, -0.2) is 0 Å². The Bertz CT molecular complexity index is 458. The van der Waals surface area contributed by atoms with Crippen molar-refractivity contribution in [1.82, 2.24) is 0 Å². The molecule has 3 nitrogen and oxygen atoms in total. The Balaban J connectivity index is 0.000000257. The van der Waals surface area contributed by atoms with Crippen LogP contribution in [0.1, 0.15) is 72.6 Å². The van der Waals surface area contributed by atoms with Gasteiger partial charge >= 0.3 is 0 Å². The molecule has 3 heteroatoms. The number of aliphatic hydroxyl groups excluding tert-OH is 1. The van der Waals surface area contributed by atoms with Gasteiger partial charge in [-0.3, -0.25) is 0 Å².